The van der Waals surface area contributed by atoms with E-state index in [0.29, 0.717) is 11.0 Å². The molecule has 0 atom stereocenters. The summed E-state index contributed by atoms with van der Waals surface area (Å²) in [6.07, 6.45) is 5.22. The van der Waals surface area contributed by atoms with Crippen LogP contribution >= 0.6 is 11.3 Å². The van der Waals surface area contributed by atoms with E-state index in [-0.39, 0.29) is 5.91 Å². The average Bonchev–Trinajstić information content (AvgIpc) is 2.81. The van der Waals surface area contributed by atoms with Crippen LogP contribution in [0.2, 0.25) is 0 Å². The van der Waals surface area contributed by atoms with Gasteiger partial charge in [-0.25, -0.2) is 4.98 Å². The van der Waals surface area contributed by atoms with Crippen molar-refractivity contribution in [1.29, 1.82) is 0 Å². The molecule has 22 heavy (non-hydrogen) atoms. The summed E-state index contributed by atoms with van der Waals surface area (Å²) >= 11 is 1.52. The minimum atomic E-state index is -0.134. The maximum Gasteiger partial charge on any atom is 0.284 e. The third kappa shape index (κ3) is 3.34. The summed E-state index contributed by atoms with van der Waals surface area (Å²) in [6, 6.07) is 4.11. The maximum atomic E-state index is 12.3. The lowest BCUT2D eigenvalue weighted by molar-refractivity contribution is 0.102. The van der Waals surface area contributed by atoms with E-state index in [4.69, 9.17) is 0 Å². The fraction of sp³-hybridized carbons (Fsp3) is 0.438. The molecule has 2 aromatic rings. The first-order valence-electron chi connectivity index (χ1n) is 7.57. The largest absolute Gasteiger partial charge is 0.320 e. The standard InChI is InChI=1S/C16H20N4OS/c1-11(2)20-9-5-13-14(6-10-20)22-16(19-13)15(21)18-12-3-7-17-8-4-12/h3-4,7-8,11H,5-6,9-10H2,1-2H3,(H,17,18,21). The van der Waals surface area contributed by atoms with Crippen molar-refractivity contribution in [3.63, 3.8) is 0 Å². The van der Waals surface area contributed by atoms with E-state index in [2.05, 4.69) is 34.0 Å². The summed E-state index contributed by atoms with van der Waals surface area (Å²) in [6.45, 7) is 6.50. The third-order valence-corrected chi connectivity index (χ3v) is 5.06. The van der Waals surface area contributed by atoms with Crippen LogP contribution in [0.1, 0.15) is 34.2 Å². The molecule has 0 aliphatic carbocycles. The molecular weight excluding hydrogens is 296 g/mol. The number of fused-ring (bicyclic) bond motifs is 1. The summed E-state index contributed by atoms with van der Waals surface area (Å²) < 4.78 is 0. The van der Waals surface area contributed by atoms with Crippen LogP contribution in [0.4, 0.5) is 5.69 Å². The van der Waals surface area contributed by atoms with Crippen molar-refractivity contribution in [2.24, 2.45) is 0 Å². The minimum absolute atomic E-state index is 0.134. The van der Waals surface area contributed by atoms with Crippen LogP contribution in [-0.2, 0) is 12.8 Å². The molecule has 3 heterocycles. The van der Waals surface area contributed by atoms with Crippen LogP contribution in [0.5, 0.6) is 0 Å². The van der Waals surface area contributed by atoms with Crippen LogP contribution in [0.25, 0.3) is 0 Å². The lowest BCUT2D eigenvalue weighted by Gasteiger charge is -2.23. The maximum absolute atomic E-state index is 12.3. The Labute approximate surface area is 134 Å². The molecule has 6 heteroatoms. The predicted molar refractivity (Wildman–Crippen MR) is 88.4 cm³/mol. The summed E-state index contributed by atoms with van der Waals surface area (Å²) in [5.74, 6) is -0.134. The van der Waals surface area contributed by atoms with Gasteiger partial charge < -0.3 is 10.2 Å². The van der Waals surface area contributed by atoms with Crippen molar-refractivity contribution in [3.05, 3.63) is 40.1 Å². The normalized spacial score (nSPS) is 15.4. The molecule has 1 aliphatic rings. The second-order valence-corrected chi connectivity index (χ2v) is 6.79. The quantitative estimate of drug-likeness (QED) is 0.945. The average molecular weight is 316 g/mol. The molecule has 2 aromatic heterocycles. The summed E-state index contributed by atoms with van der Waals surface area (Å²) in [7, 11) is 0. The van der Waals surface area contributed by atoms with Gasteiger partial charge >= 0.3 is 0 Å². The Hall–Kier alpha value is -1.79. The van der Waals surface area contributed by atoms with Gasteiger partial charge in [0.25, 0.3) is 5.91 Å². The zero-order valence-corrected chi connectivity index (χ0v) is 13.7. The van der Waals surface area contributed by atoms with Crippen LogP contribution in [-0.4, -0.2) is 39.9 Å². The molecule has 0 fully saturated rings. The molecular formula is C16H20N4OS. The van der Waals surface area contributed by atoms with E-state index in [1.165, 1.54) is 16.2 Å². The topological polar surface area (TPSA) is 58.1 Å². The van der Waals surface area contributed by atoms with Crippen molar-refractivity contribution in [1.82, 2.24) is 14.9 Å². The first-order valence-corrected chi connectivity index (χ1v) is 8.39. The van der Waals surface area contributed by atoms with Crippen molar-refractivity contribution in [2.75, 3.05) is 18.4 Å². The number of nitrogens with one attached hydrogen (secondary N) is 1. The fourth-order valence-electron chi connectivity index (χ4n) is 2.61. The molecule has 1 amide bonds. The zero-order valence-electron chi connectivity index (χ0n) is 12.9. The van der Waals surface area contributed by atoms with E-state index in [1.54, 1.807) is 24.5 Å². The molecule has 0 saturated heterocycles. The van der Waals surface area contributed by atoms with Crippen LogP contribution in [0.15, 0.2) is 24.5 Å². The Morgan fingerprint density at radius 2 is 2.00 bits per heavy atom. The number of hydrogen-bond donors (Lipinski definition) is 1. The fourth-order valence-corrected chi connectivity index (χ4v) is 3.61. The molecule has 116 valence electrons. The Balaban J connectivity index is 1.71. The monoisotopic (exact) mass is 316 g/mol. The highest BCUT2D eigenvalue weighted by Gasteiger charge is 2.22. The van der Waals surface area contributed by atoms with Crippen molar-refractivity contribution in [3.8, 4) is 0 Å². The number of aromatic nitrogens is 2. The number of thiazole rings is 1. The van der Waals surface area contributed by atoms with Gasteiger partial charge in [0.2, 0.25) is 0 Å². The molecule has 0 aromatic carbocycles. The molecule has 3 rings (SSSR count). The second kappa shape index (κ2) is 6.54. The van der Waals surface area contributed by atoms with Crippen molar-refractivity contribution < 1.29 is 4.79 Å². The van der Waals surface area contributed by atoms with E-state index in [0.717, 1.165) is 37.3 Å². The van der Waals surface area contributed by atoms with Crippen LogP contribution < -0.4 is 5.32 Å². The Morgan fingerprint density at radius 3 is 2.73 bits per heavy atom. The Bertz CT molecular complexity index is 628. The van der Waals surface area contributed by atoms with E-state index in [9.17, 15) is 4.79 Å². The summed E-state index contributed by atoms with van der Waals surface area (Å²) in [5, 5.41) is 3.42. The third-order valence-electron chi connectivity index (χ3n) is 3.90. The summed E-state index contributed by atoms with van der Waals surface area (Å²) in [4.78, 5) is 24.5. The SMILES string of the molecule is CC(C)N1CCc2nc(C(=O)Nc3ccncc3)sc2CC1. The highest BCUT2D eigenvalue weighted by molar-refractivity contribution is 7.13. The van der Waals surface area contributed by atoms with Gasteiger partial charge in [-0.3, -0.25) is 9.78 Å². The second-order valence-electron chi connectivity index (χ2n) is 5.71. The summed E-state index contributed by atoms with van der Waals surface area (Å²) in [5.41, 5.74) is 1.84. The molecule has 0 unspecified atom stereocenters. The molecule has 0 saturated carbocycles. The Morgan fingerprint density at radius 1 is 1.27 bits per heavy atom. The van der Waals surface area contributed by atoms with Gasteiger partial charge in [0, 0.05) is 48.5 Å². The van der Waals surface area contributed by atoms with Gasteiger partial charge in [-0.05, 0) is 32.4 Å². The number of nitrogens with zero attached hydrogens (tertiary/aromatic N) is 3. The molecule has 1 aliphatic heterocycles. The van der Waals surface area contributed by atoms with Gasteiger partial charge in [-0.2, -0.15) is 0 Å². The molecule has 0 spiro atoms. The van der Waals surface area contributed by atoms with Gasteiger partial charge in [0.05, 0.1) is 5.69 Å². The van der Waals surface area contributed by atoms with E-state index < -0.39 is 0 Å². The van der Waals surface area contributed by atoms with E-state index in [1.807, 2.05) is 0 Å². The van der Waals surface area contributed by atoms with Gasteiger partial charge in [0.15, 0.2) is 5.01 Å². The first kappa shape index (κ1) is 15.1. The highest BCUT2D eigenvalue weighted by Crippen LogP contribution is 2.24. The zero-order chi connectivity index (χ0) is 15.5. The van der Waals surface area contributed by atoms with Gasteiger partial charge in [0.1, 0.15) is 0 Å². The van der Waals surface area contributed by atoms with Crippen molar-refractivity contribution in [2.45, 2.75) is 32.7 Å². The number of amides is 1. The van der Waals surface area contributed by atoms with E-state index >= 15 is 0 Å². The number of carbonyl (C=O) groups is 1. The lowest BCUT2D eigenvalue weighted by Crippen LogP contribution is -2.33. The number of anilines is 1. The molecule has 5 nitrogen and oxygen atoms in total. The van der Waals surface area contributed by atoms with Crippen molar-refractivity contribution >= 4 is 22.9 Å². The number of rotatable bonds is 3. The number of pyridine rings is 1. The van der Waals surface area contributed by atoms with Gasteiger partial charge in [-0.1, -0.05) is 0 Å². The minimum Gasteiger partial charge on any atom is -0.320 e. The van der Waals surface area contributed by atoms with Crippen LogP contribution in [0, 0.1) is 0 Å². The lowest BCUT2D eigenvalue weighted by atomic mass is 10.2. The van der Waals surface area contributed by atoms with Crippen LogP contribution in [0.3, 0.4) is 0 Å². The highest BCUT2D eigenvalue weighted by atomic mass is 32.1. The van der Waals surface area contributed by atoms with Gasteiger partial charge in [-0.15, -0.1) is 11.3 Å². The first-order chi connectivity index (χ1) is 10.6. The smallest absolute Gasteiger partial charge is 0.284 e. The number of carbonyl (C=O) groups excluding carboxylic acids is 1. The Kier molecular flexibility index (Phi) is 4.49. The number of hydrogen-bond acceptors (Lipinski definition) is 5. The molecule has 0 bridgehead atoms. The molecule has 0 radical (unpaired) electrons. The molecule has 1 N–H and O–H groups in total. The predicted octanol–water partition coefficient (Wildman–Crippen LogP) is 2.60.